The Hall–Kier alpha value is -1.17. The van der Waals surface area contributed by atoms with Crippen LogP contribution >= 0.6 is 12.4 Å². The quantitative estimate of drug-likeness (QED) is 0.748. The number of amides is 1. The van der Waals surface area contributed by atoms with E-state index in [0.29, 0.717) is 18.8 Å². The predicted octanol–water partition coefficient (Wildman–Crippen LogP) is 0.986. The normalized spacial score (nSPS) is 9.53. The molecular weight excluding hydrogens is 242 g/mol. The van der Waals surface area contributed by atoms with Crippen molar-refractivity contribution in [1.82, 2.24) is 10.3 Å². The van der Waals surface area contributed by atoms with Gasteiger partial charge >= 0.3 is 0 Å². The smallest absolute Gasteiger partial charge is 0.238 e. The first-order valence-corrected chi connectivity index (χ1v) is 5.14. The number of carbonyl (C=O) groups is 1. The number of carbonyl (C=O) groups excluding carboxylic acids is 1. The van der Waals surface area contributed by atoms with Gasteiger partial charge in [0.2, 0.25) is 5.91 Å². The van der Waals surface area contributed by atoms with E-state index in [1.165, 1.54) is 0 Å². The molecule has 1 heterocycles. The third-order valence-electron chi connectivity index (χ3n) is 1.96. The summed E-state index contributed by atoms with van der Waals surface area (Å²) in [4.78, 5) is 15.5. The van der Waals surface area contributed by atoms with E-state index in [9.17, 15) is 4.79 Å². The largest absolute Gasteiger partial charge is 0.383 e. The Morgan fingerprint density at radius 2 is 2.24 bits per heavy atom. The van der Waals surface area contributed by atoms with E-state index in [4.69, 9.17) is 4.74 Å². The summed E-state index contributed by atoms with van der Waals surface area (Å²) >= 11 is 0. The minimum Gasteiger partial charge on any atom is -0.383 e. The van der Waals surface area contributed by atoms with Gasteiger partial charge in [-0.3, -0.25) is 9.78 Å². The molecule has 1 aromatic heterocycles. The minimum absolute atomic E-state index is 0. The van der Waals surface area contributed by atoms with Crippen molar-refractivity contribution >= 4 is 24.0 Å². The number of ether oxygens (including phenoxy) is 1. The number of rotatable bonds is 6. The molecule has 0 saturated carbocycles. The molecule has 17 heavy (non-hydrogen) atoms. The average molecular weight is 260 g/mol. The van der Waals surface area contributed by atoms with Gasteiger partial charge in [-0.1, -0.05) is 0 Å². The van der Waals surface area contributed by atoms with Crippen molar-refractivity contribution in [3.8, 4) is 0 Å². The Balaban J connectivity index is 0.00000256. The Bertz CT molecular complexity index is 330. The predicted molar refractivity (Wildman–Crippen MR) is 69.6 cm³/mol. The second kappa shape index (κ2) is 8.92. The van der Waals surface area contributed by atoms with Crippen molar-refractivity contribution in [1.29, 1.82) is 0 Å². The first kappa shape index (κ1) is 15.8. The van der Waals surface area contributed by atoms with Gasteiger partial charge in [0.1, 0.15) is 0 Å². The molecule has 0 aliphatic rings. The summed E-state index contributed by atoms with van der Waals surface area (Å²) in [6.07, 6.45) is 1.64. The Kier molecular flexibility index (Phi) is 8.31. The number of halogens is 1. The van der Waals surface area contributed by atoms with Crippen molar-refractivity contribution < 1.29 is 9.53 Å². The molecule has 2 N–H and O–H groups in total. The third-order valence-corrected chi connectivity index (χ3v) is 1.96. The number of aromatic nitrogens is 1. The van der Waals surface area contributed by atoms with E-state index in [1.807, 2.05) is 19.1 Å². The van der Waals surface area contributed by atoms with Gasteiger partial charge in [-0.05, 0) is 19.1 Å². The van der Waals surface area contributed by atoms with Crippen LogP contribution in [0, 0.1) is 6.92 Å². The SMILES string of the molecule is COCCNCC(=O)Nc1ccc(C)nc1.Cl. The molecule has 0 saturated heterocycles. The second-order valence-corrected chi connectivity index (χ2v) is 3.41. The van der Waals surface area contributed by atoms with Crippen molar-refractivity contribution in [2.24, 2.45) is 0 Å². The number of nitrogens with one attached hydrogen (secondary N) is 2. The van der Waals surface area contributed by atoms with Crippen LogP contribution in [0.2, 0.25) is 0 Å². The number of hydrogen-bond donors (Lipinski definition) is 2. The lowest BCUT2D eigenvalue weighted by Gasteiger charge is -2.06. The summed E-state index contributed by atoms with van der Waals surface area (Å²) < 4.78 is 4.85. The lowest BCUT2D eigenvalue weighted by Crippen LogP contribution is -2.30. The topological polar surface area (TPSA) is 63.2 Å². The van der Waals surface area contributed by atoms with Gasteiger partial charge in [-0.25, -0.2) is 0 Å². The summed E-state index contributed by atoms with van der Waals surface area (Å²) in [6, 6.07) is 3.68. The zero-order chi connectivity index (χ0) is 11.8. The van der Waals surface area contributed by atoms with Crippen molar-refractivity contribution in [3.05, 3.63) is 24.0 Å². The molecule has 1 rings (SSSR count). The van der Waals surface area contributed by atoms with Crippen LogP contribution in [-0.4, -0.2) is 37.7 Å². The average Bonchev–Trinajstić information content (AvgIpc) is 2.28. The summed E-state index contributed by atoms with van der Waals surface area (Å²) in [7, 11) is 1.62. The van der Waals surface area contributed by atoms with Crippen LogP contribution in [0.15, 0.2) is 18.3 Å². The second-order valence-electron chi connectivity index (χ2n) is 3.41. The maximum atomic E-state index is 11.4. The fourth-order valence-corrected chi connectivity index (χ4v) is 1.12. The monoisotopic (exact) mass is 259 g/mol. The molecule has 1 aromatic rings. The van der Waals surface area contributed by atoms with Crippen molar-refractivity contribution in [3.63, 3.8) is 0 Å². The highest BCUT2D eigenvalue weighted by Gasteiger charge is 2.01. The molecule has 6 heteroatoms. The van der Waals surface area contributed by atoms with E-state index in [1.54, 1.807) is 13.3 Å². The van der Waals surface area contributed by atoms with Crippen LogP contribution in [-0.2, 0) is 9.53 Å². The third kappa shape index (κ3) is 6.88. The number of aryl methyl sites for hydroxylation is 1. The maximum Gasteiger partial charge on any atom is 0.238 e. The van der Waals surface area contributed by atoms with Crippen LogP contribution in [0.25, 0.3) is 0 Å². The lowest BCUT2D eigenvalue weighted by molar-refractivity contribution is -0.115. The number of hydrogen-bond acceptors (Lipinski definition) is 4. The highest BCUT2D eigenvalue weighted by atomic mass is 35.5. The summed E-state index contributed by atoms with van der Waals surface area (Å²) in [5.74, 6) is -0.0817. The molecule has 0 spiro atoms. The molecule has 1 amide bonds. The van der Waals surface area contributed by atoms with Crippen LogP contribution in [0.5, 0.6) is 0 Å². The molecule has 5 nitrogen and oxygen atoms in total. The van der Waals surface area contributed by atoms with Gasteiger partial charge in [-0.15, -0.1) is 12.4 Å². The first-order valence-electron chi connectivity index (χ1n) is 5.14. The van der Waals surface area contributed by atoms with E-state index in [-0.39, 0.29) is 24.9 Å². The lowest BCUT2D eigenvalue weighted by atomic mass is 10.3. The molecule has 0 aliphatic heterocycles. The zero-order valence-corrected chi connectivity index (χ0v) is 10.8. The zero-order valence-electron chi connectivity index (χ0n) is 10.0. The molecular formula is C11H18ClN3O2. The fraction of sp³-hybridized carbons (Fsp3) is 0.455. The summed E-state index contributed by atoms with van der Waals surface area (Å²) in [5, 5.41) is 5.70. The number of nitrogens with zero attached hydrogens (tertiary/aromatic N) is 1. The minimum atomic E-state index is -0.0817. The van der Waals surface area contributed by atoms with E-state index in [0.717, 1.165) is 5.69 Å². The molecule has 96 valence electrons. The highest BCUT2D eigenvalue weighted by molar-refractivity contribution is 5.92. The van der Waals surface area contributed by atoms with Gasteiger partial charge in [-0.2, -0.15) is 0 Å². The Morgan fingerprint density at radius 3 is 2.82 bits per heavy atom. The maximum absolute atomic E-state index is 11.4. The van der Waals surface area contributed by atoms with Crippen molar-refractivity contribution in [2.75, 3.05) is 32.1 Å². The van der Waals surface area contributed by atoms with E-state index >= 15 is 0 Å². The molecule has 0 aromatic carbocycles. The highest BCUT2D eigenvalue weighted by Crippen LogP contribution is 2.04. The first-order chi connectivity index (χ1) is 7.72. The van der Waals surface area contributed by atoms with Gasteiger partial charge in [0.05, 0.1) is 25.0 Å². The molecule has 0 bridgehead atoms. The molecule has 0 radical (unpaired) electrons. The Labute approximate surface area is 107 Å². The van der Waals surface area contributed by atoms with Crippen LogP contribution in [0.3, 0.4) is 0 Å². The van der Waals surface area contributed by atoms with Gasteiger partial charge < -0.3 is 15.4 Å². The van der Waals surface area contributed by atoms with Crippen LogP contribution in [0.1, 0.15) is 5.69 Å². The molecule has 0 unspecified atom stereocenters. The fourth-order valence-electron chi connectivity index (χ4n) is 1.12. The Morgan fingerprint density at radius 1 is 1.47 bits per heavy atom. The molecule has 0 atom stereocenters. The number of methoxy groups -OCH3 is 1. The van der Waals surface area contributed by atoms with Crippen molar-refractivity contribution in [2.45, 2.75) is 6.92 Å². The van der Waals surface area contributed by atoms with E-state index in [2.05, 4.69) is 15.6 Å². The molecule has 0 fully saturated rings. The number of pyridine rings is 1. The number of anilines is 1. The van der Waals surface area contributed by atoms with Gasteiger partial charge in [0.25, 0.3) is 0 Å². The van der Waals surface area contributed by atoms with Gasteiger partial charge in [0, 0.05) is 19.3 Å². The van der Waals surface area contributed by atoms with E-state index < -0.39 is 0 Å². The van der Waals surface area contributed by atoms with Gasteiger partial charge in [0.15, 0.2) is 0 Å². The summed E-state index contributed by atoms with van der Waals surface area (Å²) in [5.41, 5.74) is 1.64. The standard InChI is InChI=1S/C11H17N3O2.ClH/c1-9-3-4-10(7-13-9)14-11(15)8-12-5-6-16-2;/h3-4,7,12H,5-6,8H2,1-2H3,(H,14,15);1H. The molecule has 0 aliphatic carbocycles. The van der Waals surface area contributed by atoms with Crippen LogP contribution in [0.4, 0.5) is 5.69 Å². The van der Waals surface area contributed by atoms with Crippen LogP contribution < -0.4 is 10.6 Å². The summed E-state index contributed by atoms with van der Waals surface area (Å²) in [6.45, 7) is 3.44.